The normalized spacial score (nSPS) is 17.9. The minimum absolute atomic E-state index is 0.0721. The maximum Gasteiger partial charge on any atom is 0.322 e. The summed E-state index contributed by atoms with van der Waals surface area (Å²) in [6.07, 6.45) is 4.17. The van der Waals surface area contributed by atoms with Crippen LogP contribution in [0.3, 0.4) is 0 Å². The molecule has 2 N–H and O–H groups in total. The topological polar surface area (TPSA) is 140 Å². The average Bonchev–Trinajstić information content (AvgIpc) is 2.97. The first kappa shape index (κ1) is 28.8. The molecule has 3 heterocycles. The van der Waals surface area contributed by atoms with Crippen LogP contribution >= 0.6 is 11.6 Å². The van der Waals surface area contributed by atoms with Crippen LogP contribution in [0.1, 0.15) is 12.8 Å². The highest BCUT2D eigenvalue weighted by atomic mass is 35.5. The van der Waals surface area contributed by atoms with E-state index in [2.05, 4.69) is 15.2 Å². The lowest BCUT2D eigenvalue weighted by atomic mass is 9.76. The number of carboxylic acids is 1. The molecule has 13 heteroatoms. The second-order valence-electron chi connectivity index (χ2n) is 10.4. The molecule has 5 rings (SSSR count). The van der Waals surface area contributed by atoms with E-state index < -0.39 is 39.8 Å². The van der Waals surface area contributed by atoms with Crippen molar-refractivity contribution < 1.29 is 27.9 Å². The van der Waals surface area contributed by atoms with Gasteiger partial charge >= 0.3 is 5.97 Å². The molecule has 0 unspecified atom stereocenters. The van der Waals surface area contributed by atoms with Gasteiger partial charge in [0.25, 0.3) is 0 Å². The highest BCUT2D eigenvalue weighted by molar-refractivity contribution is 7.89. The van der Waals surface area contributed by atoms with E-state index in [4.69, 9.17) is 16.7 Å². The molecule has 2 aromatic carbocycles. The molecule has 2 aliphatic rings. The first-order valence-electron chi connectivity index (χ1n) is 13.2. The molecule has 2 saturated heterocycles. The monoisotopic (exact) mass is 599 g/mol. The van der Waals surface area contributed by atoms with Gasteiger partial charge in [-0.25, -0.2) is 8.42 Å². The molecule has 0 saturated carbocycles. The van der Waals surface area contributed by atoms with Gasteiger partial charge in [0.2, 0.25) is 21.8 Å². The number of sulfonamides is 1. The van der Waals surface area contributed by atoms with Crippen molar-refractivity contribution in [1.29, 1.82) is 0 Å². The van der Waals surface area contributed by atoms with E-state index in [1.54, 1.807) is 42.7 Å². The van der Waals surface area contributed by atoms with Gasteiger partial charge in [0.05, 0.1) is 16.9 Å². The van der Waals surface area contributed by atoms with E-state index in [1.807, 2.05) is 12.1 Å². The third-order valence-corrected chi connectivity index (χ3v) is 9.90. The number of amides is 2. The van der Waals surface area contributed by atoms with Crippen LogP contribution in [0.4, 0.5) is 5.69 Å². The van der Waals surface area contributed by atoms with Crippen LogP contribution in [0, 0.1) is 5.41 Å². The number of fused-ring (bicyclic) bond motifs is 1. The summed E-state index contributed by atoms with van der Waals surface area (Å²) in [6.45, 7) is 0.446. The SMILES string of the molecule is O=C(O)CNC(=O)C1(CN2CCN(S(=O)(=O)c3ccc4cc(Cl)ccc4c3)CC2=O)CCN(c2ccncc2)CC1. The quantitative estimate of drug-likeness (QED) is 0.402. The number of hydrogen-bond donors (Lipinski definition) is 2. The van der Waals surface area contributed by atoms with Gasteiger partial charge in [-0.05, 0) is 60.0 Å². The van der Waals surface area contributed by atoms with Crippen molar-refractivity contribution in [2.24, 2.45) is 5.41 Å². The number of piperazine rings is 1. The fourth-order valence-corrected chi connectivity index (χ4v) is 7.07. The van der Waals surface area contributed by atoms with Gasteiger partial charge in [0.1, 0.15) is 6.54 Å². The number of piperidine rings is 1. The smallest absolute Gasteiger partial charge is 0.322 e. The molecule has 2 amide bonds. The predicted octanol–water partition coefficient (Wildman–Crippen LogP) is 2.21. The number of nitrogens with zero attached hydrogens (tertiary/aromatic N) is 4. The fourth-order valence-electron chi connectivity index (χ4n) is 5.48. The predicted molar refractivity (Wildman–Crippen MR) is 153 cm³/mol. The van der Waals surface area contributed by atoms with E-state index in [1.165, 1.54) is 11.0 Å². The Hall–Kier alpha value is -3.74. The third kappa shape index (κ3) is 6.14. The summed E-state index contributed by atoms with van der Waals surface area (Å²) in [7, 11) is -3.94. The summed E-state index contributed by atoms with van der Waals surface area (Å²) in [5.41, 5.74) is -0.0406. The minimum atomic E-state index is -3.94. The number of halogens is 1. The molecule has 216 valence electrons. The number of carbonyl (C=O) groups is 3. The minimum Gasteiger partial charge on any atom is -0.480 e. The van der Waals surface area contributed by atoms with E-state index >= 15 is 0 Å². The average molecular weight is 600 g/mol. The van der Waals surface area contributed by atoms with Crippen molar-refractivity contribution in [3.8, 4) is 0 Å². The summed E-state index contributed by atoms with van der Waals surface area (Å²) >= 11 is 6.04. The lowest BCUT2D eigenvalue weighted by Crippen LogP contribution is -2.59. The Morgan fingerprint density at radius 1 is 0.976 bits per heavy atom. The van der Waals surface area contributed by atoms with Gasteiger partial charge in [-0.1, -0.05) is 23.7 Å². The Balaban J connectivity index is 1.30. The lowest BCUT2D eigenvalue weighted by molar-refractivity contribution is -0.144. The zero-order valence-electron chi connectivity index (χ0n) is 22.2. The molecule has 1 aromatic heterocycles. The van der Waals surface area contributed by atoms with Gasteiger partial charge in [-0.2, -0.15) is 4.31 Å². The molecular formula is C28H30ClN5O6S. The van der Waals surface area contributed by atoms with Gasteiger partial charge in [0.15, 0.2) is 0 Å². The molecule has 2 fully saturated rings. The highest BCUT2D eigenvalue weighted by Gasteiger charge is 2.45. The van der Waals surface area contributed by atoms with Crippen LogP contribution in [0.5, 0.6) is 0 Å². The van der Waals surface area contributed by atoms with Gasteiger partial charge < -0.3 is 20.2 Å². The largest absolute Gasteiger partial charge is 0.480 e. The second kappa shape index (κ2) is 11.6. The van der Waals surface area contributed by atoms with Crippen molar-refractivity contribution >= 4 is 55.9 Å². The number of pyridine rings is 1. The molecule has 0 atom stereocenters. The standard InChI is InChI=1S/C28H30ClN5O6S/c29-22-3-1-21-16-24(4-2-20(21)15-22)41(39,40)34-14-13-33(25(35)18-34)19-28(27(38)31-17-26(36)37)7-11-32(12-8-28)23-5-9-30-10-6-23/h1-6,9-10,15-16H,7-8,11-14,17-19H2,(H,31,38)(H,36,37). The number of rotatable bonds is 8. The van der Waals surface area contributed by atoms with Crippen molar-refractivity contribution in [2.45, 2.75) is 17.7 Å². The van der Waals surface area contributed by atoms with Crippen molar-refractivity contribution in [1.82, 2.24) is 19.5 Å². The van der Waals surface area contributed by atoms with E-state index in [0.29, 0.717) is 36.3 Å². The van der Waals surface area contributed by atoms with E-state index in [0.717, 1.165) is 15.4 Å². The Kier molecular flexibility index (Phi) is 8.16. The molecular weight excluding hydrogens is 570 g/mol. The molecule has 3 aromatic rings. The number of anilines is 1. The number of carbonyl (C=O) groups excluding carboxylic acids is 2. The maximum atomic E-state index is 13.4. The Morgan fingerprint density at radius 3 is 2.34 bits per heavy atom. The molecule has 0 aliphatic carbocycles. The molecule has 41 heavy (non-hydrogen) atoms. The van der Waals surface area contributed by atoms with Crippen LogP contribution in [0.2, 0.25) is 5.02 Å². The summed E-state index contributed by atoms with van der Waals surface area (Å²) in [6, 6.07) is 13.7. The zero-order valence-corrected chi connectivity index (χ0v) is 23.8. The first-order valence-corrected chi connectivity index (χ1v) is 15.0. The van der Waals surface area contributed by atoms with E-state index in [-0.39, 0.29) is 31.1 Å². The van der Waals surface area contributed by atoms with E-state index in [9.17, 15) is 22.8 Å². The van der Waals surface area contributed by atoms with Crippen LogP contribution in [0.15, 0.2) is 65.8 Å². The Labute approximate surface area is 242 Å². The Bertz CT molecular complexity index is 1580. The first-order chi connectivity index (χ1) is 19.6. The molecule has 0 radical (unpaired) electrons. The van der Waals surface area contributed by atoms with Crippen LogP contribution in [-0.4, -0.2) is 91.3 Å². The number of benzene rings is 2. The summed E-state index contributed by atoms with van der Waals surface area (Å²) in [5, 5.41) is 13.7. The summed E-state index contributed by atoms with van der Waals surface area (Å²) in [4.78, 5) is 45.5. The number of nitrogens with one attached hydrogen (secondary N) is 1. The number of carboxylic acid groups (broad SMARTS) is 1. The Morgan fingerprint density at radius 2 is 1.66 bits per heavy atom. The number of aromatic nitrogens is 1. The lowest BCUT2D eigenvalue weighted by Gasteiger charge is -2.45. The number of hydrogen-bond acceptors (Lipinski definition) is 7. The fraction of sp³-hybridized carbons (Fsp3) is 0.357. The van der Waals surface area contributed by atoms with Crippen molar-refractivity contribution in [3.05, 3.63) is 65.9 Å². The molecule has 0 bridgehead atoms. The highest BCUT2D eigenvalue weighted by Crippen LogP contribution is 2.35. The van der Waals surface area contributed by atoms with Crippen molar-refractivity contribution in [2.75, 3.05) is 50.7 Å². The van der Waals surface area contributed by atoms with Crippen LogP contribution < -0.4 is 10.2 Å². The zero-order chi connectivity index (χ0) is 29.2. The van der Waals surface area contributed by atoms with Gasteiger partial charge in [-0.3, -0.25) is 19.4 Å². The van der Waals surface area contributed by atoms with Gasteiger partial charge in [-0.15, -0.1) is 0 Å². The summed E-state index contributed by atoms with van der Waals surface area (Å²) in [5.74, 6) is -1.99. The van der Waals surface area contributed by atoms with Crippen molar-refractivity contribution in [3.63, 3.8) is 0 Å². The molecule has 2 aliphatic heterocycles. The maximum absolute atomic E-state index is 13.4. The number of aliphatic carboxylic acids is 1. The molecule has 0 spiro atoms. The summed E-state index contributed by atoms with van der Waals surface area (Å²) < 4.78 is 28.0. The van der Waals surface area contributed by atoms with Crippen LogP contribution in [0.25, 0.3) is 10.8 Å². The molecule has 11 nitrogen and oxygen atoms in total. The second-order valence-corrected chi connectivity index (χ2v) is 12.7. The van der Waals surface area contributed by atoms with Gasteiger partial charge in [0, 0.05) is 55.8 Å². The van der Waals surface area contributed by atoms with Crippen LogP contribution in [-0.2, 0) is 24.4 Å². The third-order valence-electron chi connectivity index (χ3n) is 7.82.